The molecular weight excluding hydrogens is 374 g/mol. The van der Waals surface area contributed by atoms with Crippen molar-refractivity contribution in [3.8, 4) is 5.75 Å². The van der Waals surface area contributed by atoms with Crippen molar-refractivity contribution in [2.75, 3.05) is 34.5 Å². The van der Waals surface area contributed by atoms with E-state index in [0.29, 0.717) is 11.3 Å². The molecule has 2 rings (SSSR count). The van der Waals surface area contributed by atoms with E-state index in [1.807, 2.05) is 47.0 Å². The van der Waals surface area contributed by atoms with E-state index in [1.54, 1.807) is 19.4 Å². The smallest absolute Gasteiger partial charge is 0.421 e. The molecule has 0 unspecified atom stereocenters. The van der Waals surface area contributed by atoms with Gasteiger partial charge >= 0.3 is 12.1 Å². The number of carbonyl (C=O) groups excluding carboxylic acids is 2. The summed E-state index contributed by atoms with van der Waals surface area (Å²) in [4.78, 5) is 26.7. The van der Waals surface area contributed by atoms with Gasteiger partial charge in [-0.1, -0.05) is 20.8 Å². The third-order valence-corrected chi connectivity index (χ3v) is 4.69. The molecule has 0 fully saturated rings. The summed E-state index contributed by atoms with van der Waals surface area (Å²) in [6.07, 6.45) is 1.88. The maximum Gasteiger partial charge on any atom is 0.421 e. The maximum absolute atomic E-state index is 12.6. The molecule has 1 aromatic heterocycles. The van der Waals surface area contributed by atoms with Crippen molar-refractivity contribution in [3.05, 3.63) is 30.0 Å². The highest BCUT2D eigenvalue weighted by Gasteiger charge is 2.29. The van der Waals surface area contributed by atoms with Crippen LogP contribution in [0.4, 0.5) is 4.79 Å². The van der Waals surface area contributed by atoms with Crippen molar-refractivity contribution in [2.45, 2.75) is 33.2 Å². The molecule has 1 aromatic carbocycles. The molecule has 0 aliphatic rings. The normalized spacial score (nSPS) is 12.8. The Bertz CT molecular complexity index is 867. The van der Waals surface area contributed by atoms with E-state index >= 15 is 0 Å². The van der Waals surface area contributed by atoms with Gasteiger partial charge in [0, 0.05) is 24.2 Å². The largest absolute Gasteiger partial charge is 0.497 e. The summed E-state index contributed by atoms with van der Waals surface area (Å²) in [5, 5.41) is 0.941. The molecule has 1 atom stereocenters. The van der Waals surface area contributed by atoms with Gasteiger partial charge < -0.3 is 24.8 Å². The number of nitrogens with zero attached hydrogens (tertiary/aromatic N) is 2. The van der Waals surface area contributed by atoms with Crippen LogP contribution in [0.5, 0.6) is 5.75 Å². The zero-order valence-corrected chi connectivity index (χ0v) is 18.0. The number of hydrogen-bond donors (Lipinski definition) is 1. The number of esters is 1. The minimum Gasteiger partial charge on any atom is -0.497 e. The van der Waals surface area contributed by atoms with Crippen LogP contribution in [0.25, 0.3) is 10.9 Å². The van der Waals surface area contributed by atoms with Crippen molar-refractivity contribution in [1.29, 1.82) is 0 Å². The van der Waals surface area contributed by atoms with Crippen molar-refractivity contribution in [2.24, 2.45) is 11.1 Å². The molecule has 0 saturated heterocycles. The molecule has 29 heavy (non-hydrogen) atoms. The molecule has 160 valence electrons. The Morgan fingerprint density at radius 1 is 1.21 bits per heavy atom. The number of aromatic nitrogens is 1. The molecule has 0 saturated carbocycles. The SMILES string of the molecule is COc1ccc2c(CCN(C)C)cn(C(=O)OCOC(=O)[C@@H](N)C(C)(C)C)c2c1. The number of hydrogen-bond acceptors (Lipinski definition) is 7. The minimum atomic E-state index is -0.810. The van der Waals surface area contributed by atoms with Gasteiger partial charge in [-0.2, -0.15) is 0 Å². The molecule has 2 aromatic rings. The molecule has 0 aliphatic carbocycles. The van der Waals surface area contributed by atoms with Crippen LogP contribution in [0.2, 0.25) is 0 Å². The van der Waals surface area contributed by atoms with Crippen molar-refractivity contribution in [3.63, 3.8) is 0 Å². The minimum absolute atomic E-state index is 0.449. The van der Waals surface area contributed by atoms with Crippen LogP contribution in [-0.4, -0.2) is 62.1 Å². The fourth-order valence-corrected chi connectivity index (χ4v) is 2.75. The highest BCUT2D eigenvalue weighted by atomic mass is 16.7. The Labute approximate surface area is 171 Å². The number of nitrogens with two attached hydrogens (primary N) is 1. The van der Waals surface area contributed by atoms with E-state index in [-0.39, 0.29) is 0 Å². The quantitative estimate of drug-likeness (QED) is 0.559. The molecule has 0 amide bonds. The third kappa shape index (κ3) is 5.71. The van der Waals surface area contributed by atoms with E-state index in [0.717, 1.165) is 23.9 Å². The molecule has 0 bridgehead atoms. The number of likely N-dealkylation sites (N-methyl/N-ethyl adjacent to an activating group) is 1. The average molecular weight is 405 g/mol. The molecule has 1 heterocycles. The van der Waals surface area contributed by atoms with Crippen molar-refractivity contribution < 1.29 is 23.8 Å². The predicted octanol–water partition coefficient (Wildman–Crippen LogP) is 2.61. The third-order valence-electron chi connectivity index (χ3n) is 4.69. The Morgan fingerprint density at radius 3 is 2.48 bits per heavy atom. The van der Waals surface area contributed by atoms with Crippen molar-refractivity contribution >= 4 is 23.0 Å². The second-order valence-corrected chi connectivity index (χ2v) is 8.30. The summed E-state index contributed by atoms with van der Waals surface area (Å²) < 4.78 is 16.9. The number of methoxy groups -OCH3 is 1. The van der Waals surface area contributed by atoms with Gasteiger partial charge in [-0.25, -0.2) is 4.79 Å². The summed E-state index contributed by atoms with van der Waals surface area (Å²) in [7, 11) is 5.55. The lowest BCUT2D eigenvalue weighted by Crippen LogP contribution is -2.43. The molecule has 2 N–H and O–H groups in total. The van der Waals surface area contributed by atoms with E-state index < -0.39 is 30.3 Å². The average Bonchev–Trinajstić information content (AvgIpc) is 3.02. The zero-order chi connectivity index (χ0) is 21.8. The summed E-state index contributed by atoms with van der Waals surface area (Å²) in [5.41, 5.74) is 7.08. The fraction of sp³-hybridized carbons (Fsp3) is 0.524. The fourth-order valence-electron chi connectivity index (χ4n) is 2.75. The lowest BCUT2D eigenvalue weighted by atomic mass is 9.87. The van der Waals surface area contributed by atoms with E-state index in [2.05, 4.69) is 4.90 Å². The number of fused-ring (bicyclic) bond motifs is 1. The van der Waals surface area contributed by atoms with Crippen LogP contribution in [-0.2, 0) is 20.7 Å². The van der Waals surface area contributed by atoms with Gasteiger partial charge in [-0.3, -0.25) is 9.36 Å². The Hall–Kier alpha value is -2.58. The lowest BCUT2D eigenvalue weighted by molar-refractivity contribution is -0.156. The highest BCUT2D eigenvalue weighted by Crippen LogP contribution is 2.26. The van der Waals surface area contributed by atoms with E-state index in [4.69, 9.17) is 19.9 Å². The summed E-state index contributed by atoms with van der Waals surface area (Å²) in [6.45, 7) is 5.83. The highest BCUT2D eigenvalue weighted by molar-refractivity contribution is 5.92. The first kappa shape index (κ1) is 22.7. The Kier molecular flexibility index (Phi) is 7.26. The van der Waals surface area contributed by atoms with Crippen LogP contribution >= 0.6 is 0 Å². The maximum atomic E-state index is 12.6. The van der Waals surface area contributed by atoms with E-state index in [9.17, 15) is 9.59 Å². The van der Waals surface area contributed by atoms with Gasteiger partial charge in [0.2, 0.25) is 6.79 Å². The molecular formula is C21H31N3O5. The Morgan fingerprint density at radius 2 is 1.90 bits per heavy atom. The zero-order valence-electron chi connectivity index (χ0n) is 18.0. The lowest BCUT2D eigenvalue weighted by Gasteiger charge is -2.24. The van der Waals surface area contributed by atoms with Gasteiger partial charge in [0.05, 0.1) is 12.6 Å². The second-order valence-electron chi connectivity index (χ2n) is 8.30. The number of rotatable bonds is 7. The first-order valence-electron chi connectivity index (χ1n) is 9.46. The van der Waals surface area contributed by atoms with Gasteiger partial charge in [0.1, 0.15) is 11.8 Å². The van der Waals surface area contributed by atoms with Gasteiger partial charge in [0.15, 0.2) is 0 Å². The van der Waals surface area contributed by atoms with E-state index in [1.165, 1.54) is 4.57 Å². The molecule has 0 radical (unpaired) electrons. The summed E-state index contributed by atoms with van der Waals surface area (Å²) in [6, 6.07) is 4.74. The summed E-state index contributed by atoms with van der Waals surface area (Å²) >= 11 is 0. The van der Waals surface area contributed by atoms with Gasteiger partial charge in [-0.15, -0.1) is 0 Å². The summed E-state index contributed by atoms with van der Waals surface area (Å²) in [5.74, 6) is 0.0161. The van der Waals surface area contributed by atoms with Gasteiger partial charge in [0.25, 0.3) is 0 Å². The Balaban J connectivity index is 2.16. The first-order chi connectivity index (χ1) is 13.5. The number of ether oxygens (including phenoxy) is 3. The standard InChI is InChI=1S/C21H31N3O5/c1-21(2,3)18(22)19(25)28-13-29-20(26)24-12-14(9-10-23(4)5)16-8-7-15(27-6)11-17(16)24/h7-8,11-12,18H,9-10,13,22H2,1-6H3/t18-/m1/s1. The van der Waals surface area contributed by atoms with Crippen LogP contribution in [0.1, 0.15) is 26.3 Å². The second kappa shape index (κ2) is 9.28. The van der Waals surface area contributed by atoms with Crippen LogP contribution in [0, 0.1) is 5.41 Å². The number of carbonyl (C=O) groups is 2. The van der Waals surface area contributed by atoms with Crippen LogP contribution < -0.4 is 10.5 Å². The molecule has 0 aliphatic heterocycles. The molecule has 8 nitrogen and oxygen atoms in total. The predicted molar refractivity (Wildman–Crippen MR) is 111 cm³/mol. The first-order valence-corrected chi connectivity index (χ1v) is 9.46. The van der Waals surface area contributed by atoms with Crippen LogP contribution in [0.3, 0.4) is 0 Å². The monoisotopic (exact) mass is 405 g/mol. The topological polar surface area (TPSA) is 96.0 Å². The molecule has 0 spiro atoms. The number of benzene rings is 1. The van der Waals surface area contributed by atoms with Gasteiger partial charge in [-0.05, 0) is 43.6 Å². The van der Waals surface area contributed by atoms with Crippen molar-refractivity contribution in [1.82, 2.24) is 9.47 Å². The van der Waals surface area contributed by atoms with Crippen LogP contribution in [0.15, 0.2) is 24.4 Å². The molecule has 8 heteroatoms.